The van der Waals surface area contributed by atoms with E-state index in [1.54, 1.807) is 19.1 Å². The molecular weight excluding hydrogens is 256 g/mol. The van der Waals surface area contributed by atoms with Crippen LogP contribution in [0.15, 0.2) is 18.2 Å². The van der Waals surface area contributed by atoms with E-state index in [4.69, 9.17) is 21.1 Å². The zero-order valence-electron chi connectivity index (χ0n) is 10.4. The van der Waals surface area contributed by atoms with Crippen LogP contribution in [0, 0.1) is 6.92 Å². The van der Waals surface area contributed by atoms with Crippen LogP contribution in [0.25, 0.3) is 0 Å². The van der Waals surface area contributed by atoms with E-state index < -0.39 is 11.9 Å². The highest BCUT2D eigenvalue weighted by atomic mass is 35.5. The molecule has 1 aromatic carbocycles. The van der Waals surface area contributed by atoms with Crippen molar-refractivity contribution < 1.29 is 19.1 Å². The Kier molecular flexibility index (Phi) is 5.65. The van der Waals surface area contributed by atoms with Gasteiger partial charge in [0.1, 0.15) is 5.75 Å². The average Bonchev–Trinajstić information content (AvgIpc) is 2.32. The number of ether oxygens (including phenoxy) is 2. The Morgan fingerprint density at radius 1 is 1.22 bits per heavy atom. The molecule has 0 spiro atoms. The van der Waals surface area contributed by atoms with Crippen LogP contribution in [0.3, 0.4) is 0 Å². The van der Waals surface area contributed by atoms with Gasteiger partial charge in [0.25, 0.3) is 0 Å². The molecule has 0 aromatic heterocycles. The van der Waals surface area contributed by atoms with Gasteiger partial charge in [0.05, 0.1) is 24.5 Å². The number of carbonyl (C=O) groups is 2. The predicted octanol–water partition coefficient (Wildman–Crippen LogP) is 2.90. The normalized spacial score (nSPS) is 9.94. The number of benzene rings is 1. The maximum atomic E-state index is 11.5. The Bertz CT molecular complexity index is 443. The van der Waals surface area contributed by atoms with Crippen LogP contribution in [0.2, 0.25) is 5.02 Å². The molecule has 0 N–H and O–H groups in total. The quantitative estimate of drug-likeness (QED) is 0.610. The summed E-state index contributed by atoms with van der Waals surface area (Å²) in [6.07, 6.45) is -0.0147. The molecule has 0 aliphatic heterocycles. The van der Waals surface area contributed by atoms with Crippen molar-refractivity contribution in [3.05, 3.63) is 28.8 Å². The molecule has 0 aliphatic rings. The Hall–Kier alpha value is -1.55. The van der Waals surface area contributed by atoms with E-state index in [1.165, 1.54) is 0 Å². The molecule has 0 bridgehead atoms. The van der Waals surface area contributed by atoms with E-state index in [1.807, 2.05) is 13.0 Å². The van der Waals surface area contributed by atoms with E-state index in [0.717, 1.165) is 5.56 Å². The zero-order chi connectivity index (χ0) is 13.5. The fraction of sp³-hybridized carbons (Fsp3) is 0.385. The minimum Gasteiger partial charge on any atom is -0.466 e. The smallest absolute Gasteiger partial charge is 0.311 e. The minimum atomic E-state index is -0.504. The summed E-state index contributed by atoms with van der Waals surface area (Å²) in [6.45, 7) is 3.88. The summed E-state index contributed by atoms with van der Waals surface area (Å²) in [7, 11) is 0. The highest BCUT2D eigenvalue weighted by molar-refractivity contribution is 6.32. The third-order valence-electron chi connectivity index (χ3n) is 2.15. The second-order valence-electron chi connectivity index (χ2n) is 3.71. The van der Waals surface area contributed by atoms with Gasteiger partial charge in [-0.3, -0.25) is 9.59 Å². The topological polar surface area (TPSA) is 52.6 Å². The molecule has 0 aliphatic carbocycles. The molecule has 5 heteroatoms. The third kappa shape index (κ3) is 4.75. The monoisotopic (exact) mass is 270 g/mol. The van der Waals surface area contributed by atoms with Crippen molar-refractivity contribution in [1.82, 2.24) is 0 Å². The molecule has 98 valence electrons. The Morgan fingerprint density at radius 2 is 1.89 bits per heavy atom. The van der Waals surface area contributed by atoms with E-state index in [2.05, 4.69) is 0 Å². The molecule has 0 saturated heterocycles. The maximum absolute atomic E-state index is 11.5. The summed E-state index contributed by atoms with van der Waals surface area (Å²) in [5, 5.41) is 0.366. The van der Waals surface area contributed by atoms with Crippen LogP contribution in [-0.4, -0.2) is 18.5 Å². The van der Waals surface area contributed by atoms with Gasteiger partial charge in [0.2, 0.25) is 0 Å². The summed E-state index contributed by atoms with van der Waals surface area (Å²) in [5.74, 6) is -0.606. The molecular formula is C13H15ClO4. The van der Waals surface area contributed by atoms with Crippen LogP contribution in [0.4, 0.5) is 0 Å². The van der Waals surface area contributed by atoms with Gasteiger partial charge in [-0.25, -0.2) is 0 Å². The Labute approximate surface area is 111 Å². The first-order chi connectivity index (χ1) is 8.52. The second-order valence-corrected chi connectivity index (χ2v) is 4.12. The lowest BCUT2D eigenvalue weighted by atomic mass is 10.2. The van der Waals surface area contributed by atoms with Gasteiger partial charge in [0, 0.05) is 0 Å². The molecule has 0 atom stereocenters. The van der Waals surface area contributed by atoms with Crippen molar-refractivity contribution in [3.63, 3.8) is 0 Å². The molecule has 0 heterocycles. The fourth-order valence-corrected chi connectivity index (χ4v) is 1.46. The number of aryl methyl sites for hydroxylation is 1. The first kappa shape index (κ1) is 14.5. The Balaban J connectivity index is 2.49. The van der Waals surface area contributed by atoms with Gasteiger partial charge in [-0.1, -0.05) is 17.7 Å². The summed E-state index contributed by atoms with van der Waals surface area (Å²) in [6, 6.07) is 5.15. The predicted molar refractivity (Wildman–Crippen MR) is 67.7 cm³/mol. The molecule has 4 nitrogen and oxygen atoms in total. The number of esters is 2. The molecule has 0 amide bonds. The third-order valence-corrected chi connectivity index (χ3v) is 2.46. The lowest BCUT2D eigenvalue weighted by Gasteiger charge is -2.07. The van der Waals surface area contributed by atoms with Crippen molar-refractivity contribution in [3.8, 4) is 5.75 Å². The number of carbonyl (C=O) groups excluding carboxylic acids is 2. The highest BCUT2D eigenvalue weighted by Crippen LogP contribution is 2.25. The zero-order valence-corrected chi connectivity index (χ0v) is 11.1. The van der Waals surface area contributed by atoms with Crippen LogP contribution < -0.4 is 4.74 Å². The van der Waals surface area contributed by atoms with Gasteiger partial charge in [-0.15, -0.1) is 0 Å². The molecule has 1 rings (SSSR count). The average molecular weight is 271 g/mol. The molecule has 0 saturated carbocycles. The second kappa shape index (κ2) is 7.01. The molecule has 0 fully saturated rings. The SMILES string of the molecule is CCOC(=O)CCC(=O)Oc1cc(C)ccc1Cl. The van der Waals surface area contributed by atoms with Crippen LogP contribution in [0.5, 0.6) is 5.75 Å². The standard InChI is InChI=1S/C13H15ClO4/c1-3-17-12(15)6-7-13(16)18-11-8-9(2)4-5-10(11)14/h4-5,8H,3,6-7H2,1-2H3. The van der Waals surface area contributed by atoms with Crippen molar-refractivity contribution >= 4 is 23.5 Å². The highest BCUT2D eigenvalue weighted by Gasteiger charge is 2.11. The minimum absolute atomic E-state index is 0.0100. The van der Waals surface area contributed by atoms with E-state index in [0.29, 0.717) is 17.4 Å². The maximum Gasteiger partial charge on any atom is 0.311 e. The lowest BCUT2D eigenvalue weighted by molar-refractivity contribution is -0.146. The van der Waals surface area contributed by atoms with Crippen molar-refractivity contribution in [2.45, 2.75) is 26.7 Å². The van der Waals surface area contributed by atoms with Gasteiger partial charge in [-0.2, -0.15) is 0 Å². The first-order valence-corrected chi connectivity index (χ1v) is 6.03. The molecule has 1 aromatic rings. The number of hydrogen-bond acceptors (Lipinski definition) is 4. The number of rotatable bonds is 5. The van der Waals surface area contributed by atoms with Gasteiger partial charge in [0.15, 0.2) is 0 Å². The first-order valence-electron chi connectivity index (χ1n) is 5.65. The lowest BCUT2D eigenvalue weighted by Crippen LogP contribution is -2.12. The largest absolute Gasteiger partial charge is 0.466 e. The molecule has 0 radical (unpaired) electrons. The van der Waals surface area contributed by atoms with Gasteiger partial charge < -0.3 is 9.47 Å². The summed E-state index contributed by atoms with van der Waals surface area (Å²) in [5.41, 5.74) is 0.938. The number of halogens is 1. The van der Waals surface area contributed by atoms with Crippen LogP contribution in [-0.2, 0) is 14.3 Å². The van der Waals surface area contributed by atoms with Gasteiger partial charge >= 0.3 is 11.9 Å². The van der Waals surface area contributed by atoms with Crippen molar-refractivity contribution in [2.24, 2.45) is 0 Å². The van der Waals surface area contributed by atoms with Gasteiger partial charge in [-0.05, 0) is 31.5 Å². The number of hydrogen-bond donors (Lipinski definition) is 0. The summed E-state index contributed by atoms with van der Waals surface area (Å²) >= 11 is 5.88. The van der Waals surface area contributed by atoms with Crippen LogP contribution >= 0.6 is 11.6 Å². The molecule has 0 unspecified atom stereocenters. The van der Waals surface area contributed by atoms with E-state index in [9.17, 15) is 9.59 Å². The van der Waals surface area contributed by atoms with Crippen molar-refractivity contribution in [1.29, 1.82) is 0 Å². The fourth-order valence-electron chi connectivity index (χ4n) is 1.30. The van der Waals surface area contributed by atoms with Crippen LogP contribution in [0.1, 0.15) is 25.3 Å². The molecule has 18 heavy (non-hydrogen) atoms. The van der Waals surface area contributed by atoms with Crippen molar-refractivity contribution in [2.75, 3.05) is 6.61 Å². The summed E-state index contributed by atoms with van der Waals surface area (Å²) < 4.78 is 9.79. The summed E-state index contributed by atoms with van der Waals surface area (Å²) in [4.78, 5) is 22.6. The van der Waals surface area contributed by atoms with E-state index >= 15 is 0 Å². The Morgan fingerprint density at radius 3 is 2.56 bits per heavy atom. The van der Waals surface area contributed by atoms with E-state index in [-0.39, 0.29) is 12.8 Å².